The van der Waals surface area contributed by atoms with Crippen LogP contribution in [0.4, 0.5) is 0 Å². The summed E-state index contributed by atoms with van der Waals surface area (Å²) in [5, 5.41) is 4.35. The second-order valence-electron chi connectivity index (χ2n) is 7.74. The van der Waals surface area contributed by atoms with Crippen LogP contribution in [-0.2, 0) is 7.05 Å². The van der Waals surface area contributed by atoms with Gasteiger partial charge in [-0.3, -0.25) is 9.48 Å². The highest BCUT2D eigenvalue weighted by molar-refractivity contribution is 5.95. The molecular formula is C19H27N5O. The normalized spacial score (nSPS) is 21.1. The van der Waals surface area contributed by atoms with Gasteiger partial charge in [0, 0.05) is 44.4 Å². The van der Waals surface area contributed by atoms with Crippen LogP contribution in [0.3, 0.4) is 0 Å². The van der Waals surface area contributed by atoms with E-state index in [9.17, 15) is 4.79 Å². The molecule has 1 aliphatic heterocycles. The summed E-state index contributed by atoms with van der Waals surface area (Å²) in [6.45, 7) is 5.93. The molecule has 2 fully saturated rings. The van der Waals surface area contributed by atoms with Crippen molar-refractivity contribution in [2.24, 2.45) is 7.05 Å². The van der Waals surface area contributed by atoms with E-state index in [-0.39, 0.29) is 5.91 Å². The Morgan fingerprint density at radius 1 is 1.28 bits per heavy atom. The van der Waals surface area contributed by atoms with Crippen molar-refractivity contribution in [3.63, 3.8) is 0 Å². The van der Waals surface area contributed by atoms with E-state index in [0.717, 1.165) is 43.0 Å². The number of aryl methyl sites for hydroxylation is 1. The van der Waals surface area contributed by atoms with E-state index < -0.39 is 0 Å². The Labute approximate surface area is 148 Å². The molecule has 0 radical (unpaired) electrons. The maximum atomic E-state index is 13.1. The summed E-state index contributed by atoms with van der Waals surface area (Å²) >= 11 is 0. The van der Waals surface area contributed by atoms with Crippen molar-refractivity contribution in [3.05, 3.63) is 35.7 Å². The molecule has 1 saturated heterocycles. The second-order valence-corrected chi connectivity index (χ2v) is 7.74. The predicted octanol–water partition coefficient (Wildman–Crippen LogP) is 3.09. The van der Waals surface area contributed by atoms with Gasteiger partial charge in [0.25, 0.3) is 5.91 Å². The van der Waals surface area contributed by atoms with Gasteiger partial charge in [-0.1, -0.05) is 13.8 Å². The van der Waals surface area contributed by atoms with Crippen LogP contribution in [0.2, 0.25) is 0 Å². The smallest absolute Gasteiger partial charge is 0.257 e. The number of carbonyl (C=O) groups is 1. The number of carbonyl (C=O) groups excluding carboxylic acids is 1. The number of hydrogen-bond donors (Lipinski definition) is 0. The van der Waals surface area contributed by atoms with Gasteiger partial charge in [0.05, 0.1) is 23.5 Å². The van der Waals surface area contributed by atoms with Crippen LogP contribution >= 0.6 is 0 Å². The molecule has 6 heteroatoms. The number of nitrogens with zero attached hydrogens (tertiary/aromatic N) is 5. The first-order valence-corrected chi connectivity index (χ1v) is 9.40. The molecule has 0 N–H and O–H groups in total. The highest BCUT2D eigenvalue weighted by atomic mass is 16.2. The zero-order valence-electron chi connectivity index (χ0n) is 15.4. The Hall–Kier alpha value is -2.11. The van der Waals surface area contributed by atoms with E-state index in [0.29, 0.717) is 17.9 Å². The maximum absolute atomic E-state index is 13.1. The fourth-order valence-corrected chi connectivity index (χ4v) is 4.07. The largest absolute Gasteiger partial charge is 0.336 e. The summed E-state index contributed by atoms with van der Waals surface area (Å²) < 4.78 is 4.16. The average molecular weight is 341 g/mol. The van der Waals surface area contributed by atoms with Gasteiger partial charge in [0.15, 0.2) is 0 Å². The molecule has 0 bridgehead atoms. The minimum Gasteiger partial charge on any atom is -0.336 e. The maximum Gasteiger partial charge on any atom is 0.257 e. The first kappa shape index (κ1) is 16.4. The SMILES string of the molecule is CC(C)c1nccn1[C@@H]1CCCN(C(=O)c2cnn(C)c2C2CC2)C1. The standard InChI is InChI=1S/C19H27N5O/c1-13(2)18-20-8-10-24(18)15-5-4-9-23(12-15)19(25)16-11-21-22(3)17(16)14-6-7-14/h8,10-11,13-15H,4-7,9,12H2,1-3H3/t15-/m1/s1. The van der Waals surface area contributed by atoms with Crippen molar-refractivity contribution in [1.82, 2.24) is 24.2 Å². The molecule has 25 heavy (non-hydrogen) atoms. The van der Waals surface area contributed by atoms with Gasteiger partial charge < -0.3 is 9.47 Å². The van der Waals surface area contributed by atoms with E-state index in [2.05, 4.69) is 34.7 Å². The van der Waals surface area contributed by atoms with Gasteiger partial charge >= 0.3 is 0 Å². The van der Waals surface area contributed by atoms with E-state index in [1.165, 1.54) is 12.8 Å². The number of piperidine rings is 1. The summed E-state index contributed by atoms with van der Waals surface area (Å²) in [6.07, 6.45) is 10.2. The molecular weight excluding hydrogens is 314 g/mol. The van der Waals surface area contributed by atoms with Crippen molar-refractivity contribution in [1.29, 1.82) is 0 Å². The topological polar surface area (TPSA) is 56.0 Å². The highest BCUT2D eigenvalue weighted by Gasteiger charge is 2.34. The Morgan fingerprint density at radius 2 is 2.08 bits per heavy atom. The lowest BCUT2D eigenvalue weighted by atomic mass is 10.0. The monoisotopic (exact) mass is 341 g/mol. The molecule has 1 atom stereocenters. The Morgan fingerprint density at radius 3 is 2.80 bits per heavy atom. The zero-order valence-corrected chi connectivity index (χ0v) is 15.4. The van der Waals surface area contributed by atoms with Crippen molar-refractivity contribution in [2.45, 2.75) is 57.4 Å². The lowest BCUT2D eigenvalue weighted by Gasteiger charge is -2.34. The third kappa shape index (κ3) is 2.98. The number of amides is 1. The van der Waals surface area contributed by atoms with Gasteiger partial charge in [0.1, 0.15) is 5.82 Å². The van der Waals surface area contributed by atoms with Crippen LogP contribution in [0.15, 0.2) is 18.6 Å². The molecule has 3 heterocycles. The van der Waals surface area contributed by atoms with Crippen LogP contribution in [0, 0.1) is 0 Å². The number of rotatable bonds is 4. The molecule has 0 spiro atoms. The van der Waals surface area contributed by atoms with E-state index in [1.54, 1.807) is 6.20 Å². The average Bonchev–Trinajstić information content (AvgIpc) is 3.18. The molecule has 2 aromatic rings. The van der Waals surface area contributed by atoms with E-state index >= 15 is 0 Å². The number of aromatic nitrogens is 4. The zero-order chi connectivity index (χ0) is 17.6. The summed E-state index contributed by atoms with van der Waals surface area (Å²) in [4.78, 5) is 19.7. The van der Waals surface area contributed by atoms with Crippen LogP contribution in [0.5, 0.6) is 0 Å². The Kier molecular flexibility index (Phi) is 4.13. The van der Waals surface area contributed by atoms with Crippen LogP contribution in [0.1, 0.15) is 79.3 Å². The summed E-state index contributed by atoms with van der Waals surface area (Å²) in [5.74, 6) is 2.17. The van der Waals surface area contributed by atoms with Gasteiger partial charge in [-0.2, -0.15) is 5.10 Å². The van der Waals surface area contributed by atoms with Crippen LogP contribution < -0.4 is 0 Å². The van der Waals surface area contributed by atoms with Gasteiger partial charge in [-0.15, -0.1) is 0 Å². The van der Waals surface area contributed by atoms with Crippen LogP contribution in [-0.4, -0.2) is 43.2 Å². The molecule has 1 saturated carbocycles. The fraction of sp³-hybridized carbons (Fsp3) is 0.632. The molecule has 0 aromatic carbocycles. The number of hydrogen-bond acceptors (Lipinski definition) is 3. The Bertz CT molecular complexity index is 771. The minimum atomic E-state index is 0.144. The highest BCUT2D eigenvalue weighted by Crippen LogP contribution is 2.41. The quantitative estimate of drug-likeness (QED) is 0.859. The molecule has 134 valence electrons. The second kappa shape index (κ2) is 6.32. The first-order valence-electron chi connectivity index (χ1n) is 9.40. The predicted molar refractivity (Wildman–Crippen MR) is 95.7 cm³/mol. The lowest BCUT2D eigenvalue weighted by molar-refractivity contribution is 0.0676. The van der Waals surface area contributed by atoms with Gasteiger partial charge in [0.2, 0.25) is 0 Å². The number of imidazole rings is 1. The molecule has 2 aliphatic rings. The third-order valence-corrected chi connectivity index (χ3v) is 5.47. The van der Waals surface area contributed by atoms with Crippen molar-refractivity contribution in [3.8, 4) is 0 Å². The number of likely N-dealkylation sites (tertiary alicyclic amines) is 1. The summed E-state index contributed by atoms with van der Waals surface area (Å²) in [7, 11) is 1.95. The molecule has 0 unspecified atom stereocenters. The van der Waals surface area contributed by atoms with Crippen molar-refractivity contribution in [2.75, 3.05) is 13.1 Å². The third-order valence-electron chi connectivity index (χ3n) is 5.47. The lowest BCUT2D eigenvalue weighted by Crippen LogP contribution is -2.41. The molecule has 4 rings (SSSR count). The summed E-state index contributed by atoms with van der Waals surface area (Å²) in [6, 6.07) is 0.318. The van der Waals surface area contributed by atoms with E-state index in [1.807, 2.05) is 22.8 Å². The summed E-state index contributed by atoms with van der Waals surface area (Å²) in [5.41, 5.74) is 1.93. The van der Waals surface area contributed by atoms with E-state index in [4.69, 9.17) is 0 Å². The minimum absolute atomic E-state index is 0.144. The van der Waals surface area contributed by atoms with Gasteiger partial charge in [-0.25, -0.2) is 4.98 Å². The Balaban J connectivity index is 1.55. The fourth-order valence-electron chi connectivity index (χ4n) is 4.07. The van der Waals surface area contributed by atoms with Crippen molar-refractivity contribution >= 4 is 5.91 Å². The molecule has 2 aromatic heterocycles. The molecule has 1 aliphatic carbocycles. The van der Waals surface area contributed by atoms with Gasteiger partial charge in [-0.05, 0) is 25.7 Å². The van der Waals surface area contributed by atoms with Crippen molar-refractivity contribution < 1.29 is 4.79 Å². The molecule has 6 nitrogen and oxygen atoms in total. The molecule has 1 amide bonds. The first-order chi connectivity index (χ1) is 12.1. The van der Waals surface area contributed by atoms with Crippen LogP contribution in [0.25, 0.3) is 0 Å².